The summed E-state index contributed by atoms with van der Waals surface area (Å²) in [5, 5.41) is 8.73. The Hall–Kier alpha value is -1.45. The van der Waals surface area contributed by atoms with E-state index in [9.17, 15) is 13.6 Å². The molecule has 0 aromatic heterocycles. The van der Waals surface area contributed by atoms with Crippen molar-refractivity contribution in [3.8, 4) is 0 Å². The molecule has 0 spiro atoms. The number of carboxylic acid groups (broad SMARTS) is 1. The van der Waals surface area contributed by atoms with Gasteiger partial charge in [0.05, 0.1) is 6.42 Å². The Balaban J connectivity index is 2.39. The SMILES string of the molecule is O=C(O)CC1CCC(F)(F)c2ccccc21. The van der Waals surface area contributed by atoms with Crippen LogP contribution in [0.2, 0.25) is 0 Å². The number of halogens is 2. The Morgan fingerprint density at radius 2 is 2.12 bits per heavy atom. The number of carboxylic acids is 1. The van der Waals surface area contributed by atoms with E-state index in [4.69, 9.17) is 5.11 Å². The van der Waals surface area contributed by atoms with Crippen LogP contribution in [0.4, 0.5) is 8.78 Å². The van der Waals surface area contributed by atoms with E-state index in [1.807, 2.05) is 0 Å². The summed E-state index contributed by atoms with van der Waals surface area (Å²) in [5.41, 5.74) is 0.480. The predicted octanol–water partition coefficient (Wildman–Crippen LogP) is 3.13. The molecule has 0 fully saturated rings. The second kappa shape index (κ2) is 3.85. The number of aliphatic carboxylic acids is 1. The monoisotopic (exact) mass is 226 g/mol. The lowest BCUT2D eigenvalue weighted by Gasteiger charge is -2.30. The number of fused-ring (bicyclic) bond motifs is 1. The minimum Gasteiger partial charge on any atom is -0.481 e. The van der Waals surface area contributed by atoms with Crippen LogP contribution in [0.5, 0.6) is 0 Å². The molecule has 86 valence electrons. The highest BCUT2D eigenvalue weighted by Gasteiger charge is 2.40. The second-order valence-electron chi connectivity index (χ2n) is 4.13. The van der Waals surface area contributed by atoms with Crippen LogP contribution in [0, 0.1) is 0 Å². The van der Waals surface area contributed by atoms with Gasteiger partial charge in [-0.1, -0.05) is 24.3 Å². The molecule has 1 aliphatic carbocycles. The molecule has 1 N–H and O–H groups in total. The number of benzene rings is 1. The van der Waals surface area contributed by atoms with Gasteiger partial charge < -0.3 is 5.11 Å². The summed E-state index contributed by atoms with van der Waals surface area (Å²) in [5.74, 6) is -4.04. The standard InChI is InChI=1S/C12H12F2O2/c13-12(14)6-5-8(7-11(15)16)9-3-1-2-4-10(9)12/h1-4,8H,5-7H2,(H,15,16). The third-order valence-electron chi connectivity index (χ3n) is 3.02. The average Bonchev–Trinajstić information content (AvgIpc) is 2.23. The Morgan fingerprint density at radius 3 is 2.81 bits per heavy atom. The molecule has 0 radical (unpaired) electrons. The van der Waals surface area contributed by atoms with Crippen molar-refractivity contribution in [2.45, 2.75) is 31.1 Å². The van der Waals surface area contributed by atoms with Gasteiger partial charge in [0, 0.05) is 12.0 Å². The Morgan fingerprint density at radius 1 is 1.44 bits per heavy atom. The molecule has 0 aliphatic heterocycles. The normalized spacial score (nSPS) is 22.5. The summed E-state index contributed by atoms with van der Waals surface area (Å²) >= 11 is 0. The molecule has 0 heterocycles. The van der Waals surface area contributed by atoms with Crippen molar-refractivity contribution in [2.75, 3.05) is 0 Å². The van der Waals surface area contributed by atoms with Crippen LogP contribution >= 0.6 is 0 Å². The Bertz CT molecular complexity index is 415. The molecule has 1 aliphatic rings. The predicted molar refractivity (Wildman–Crippen MR) is 54.6 cm³/mol. The van der Waals surface area contributed by atoms with E-state index in [2.05, 4.69) is 0 Å². The van der Waals surface area contributed by atoms with Crippen LogP contribution in [0.15, 0.2) is 24.3 Å². The van der Waals surface area contributed by atoms with Crippen molar-refractivity contribution >= 4 is 5.97 Å². The average molecular weight is 226 g/mol. The first-order valence-corrected chi connectivity index (χ1v) is 5.20. The highest BCUT2D eigenvalue weighted by atomic mass is 19.3. The summed E-state index contributed by atoms with van der Waals surface area (Å²) in [4.78, 5) is 10.7. The van der Waals surface area contributed by atoms with E-state index >= 15 is 0 Å². The molecule has 1 aromatic carbocycles. The van der Waals surface area contributed by atoms with Gasteiger partial charge in [0.1, 0.15) is 0 Å². The van der Waals surface area contributed by atoms with Gasteiger partial charge in [0.15, 0.2) is 0 Å². The van der Waals surface area contributed by atoms with Crippen LogP contribution in [-0.4, -0.2) is 11.1 Å². The van der Waals surface area contributed by atoms with E-state index in [1.54, 1.807) is 18.2 Å². The van der Waals surface area contributed by atoms with Gasteiger partial charge in [-0.3, -0.25) is 4.79 Å². The van der Waals surface area contributed by atoms with E-state index in [1.165, 1.54) is 6.07 Å². The van der Waals surface area contributed by atoms with Crippen LogP contribution < -0.4 is 0 Å². The fraction of sp³-hybridized carbons (Fsp3) is 0.417. The van der Waals surface area contributed by atoms with Gasteiger partial charge in [-0.2, -0.15) is 0 Å². The molecule has 1 unspecified atom stereocenters. The largest absolute Gasteiger partial charge is 0.481 e. The maximum atomic E-state index is 13.6. The smallest absolute Gasteiger partial charge is 0.303 e. The fourth-order valence-corrected chi connectivity index (χ4v) is 2.25. The molecule has 4 heteroatoms. The first-order chi connectivity index (χ1) is 7.50. The number of hydrogen-bond donors (Lipinski definition) is 1. The summed E-state index contributed by atoms with van der Waals surface area (Å²) in [7, 11) is 0. The lowest BCUT2D eigenvalue weighted by molar-refractivity contribution is -0.137. The maximum absolute atomic E-state index is 13.6. The number of rotatable bonds is 2. The third-order valence-corrected chi connectivity index (χ3v) is 3.02. The molecular weight excluding hydrogens is 214 g/mol. The van der Waals surface area contributed by atoms with Crippen molar-refractivity contribution in [2.24, 2.45) is 0 Å². The minimum atomic E-state index is -2.81. The third kappa shape index (κ3) is 1.92. The van der Waals surface area contributed by atoms with Crippen LogP contribution in [0.25, 0.3) is 0 Å². The number of hydrogen-bond acceptors (Lipinski definition) is 1. The molecule has 1 atom stereocenters. The van der Waals surface area contributed by atoms with Gasteiger partial charge in [0.2, 0.25) is 0 Å². The van der Waals surface area contributed by atoms with E-state index < -0.39 is 11.9 Å². The highest BCUT2D eigenvalue weighted by molar-refractivity contribution is 5.68. The van der Waals surface area contributed by atoms with Crippen LogP contribution in [0.1, 0.15) is 36.3 Å². The lowest BCUT2D eigenvalue weighted by Crippen LogP contribution is -2.24. The Kier molecular flexibility index (Phi) is 2.66. The van der Waals surface area contributed by atoms with Crippen molar-refractivity contribution in [1.82, 2.24) is 0 Å². The molecular formula is C12H12F2O2. The zero-order chi connectivity index (χ0) is 11.8. The Labute approximate surface area is 91.9 Å². The van der Waals surface area contributed by atoms with Gasteiger partial charge in [-0.25, -0.2) is 8.78 Å². The van der Waals surface area contributed by atoms with Crippen molar-refractivity contribution in [3.63, 3.8) is 0 Å². The summed E-state index contributed by atoms with van der Waals surface area (Å²) in [6, 6.07) is 6.24. The van der Waals surface area contributed by atoms with Crippen molar-refractivity contribution in [1.29, 1.82) is 0 Å². The van der Waals surface area contributed by atoms with Crippen molar-refractivity contribution < 1.29 is 18.7 Å². The fourth-order valence-electron chi connectivity index (χ4n) is 2.25. The van der Waals surface area contributed by atoms with Gasteiger partial charge in [-0.15, -0.1) is 0 Å². The first-order valence-electron chi connectivity index (χ1n) is 5.20. The number of alkyl halides is 2. The quantitative estimate of drug-likeness (QED) is 0.841. The van der Waals surface area contributed by atoms with Crippen molar-refractivity contribution in [3.05, 3.63) is 35.4 Å². The summed E-state index contributed by atoms with van der Waals surface area (Å²) < 4.78 is 27.1. The first kappa shape index (κ1) is 11.0. The van der Waals surface area contributed by atoms with Crippen LogP contribution in [-0.2, 0) is 10.7 Å². The highest BCUT2D eigenvalue weighted by Crippen LogP contribution is 2.45. The molecule has 0 amide bonds. The minimum absolute atomic E-state index is 0.00694. The number of carbonyl (C=O) groups is 1. The van der Waals surface area contributed by atoms with Gasteiger partial charge in [-0.05, 0) is 17.9 Å². The zero-order valence-corrected chi connectivity index (χ0v) is 8.62. The van der Waals surface area contributed by atoms with E-state index in [0.717, 1.165) is 0 Å². The molecule has 0 bridgehead atoms. The molecule has 1 aromatic rings. The summed E-state index contributed by atoms with van der Waals surface area (Å²) in [6.45, 7) is 0. The molecule has 16 heavy (non-hydrogen) atoms. The molecule has 2 nitrogen and oxygen atoms in total. The van der Waals surface area contributed by atoms with Crippen LogP contribution in [0.3, 0.4) is 0 Å². The lowest BCUT2D eigenvalue weighted by atomic mass is 9.79. The van der Waals surface area contributed by atoms with E-state index in [0.29, 0.717) is 5.56 Å². The van der Waals surface area contributed by atoms with Gasteiger partial charge in [0.25, 0.3) is 5.92 Å². The summed E-state index contributed by atoms with van der Waals surface area (Å²) in [6.07, 6.45) is -0.106. The molecule has 2 rings (SSSR count). The zero-order valence-electron chi connectivity index (χ0n) is 8.62. The molecule has 0 saturated heterocycles. The van der Waals surface area contributed by atoms with E-state index in [-0.39, 0.29) is 30.7 Å². The maximum Gasteiger partial charge on any atom is 0.303 e. The molecule has 0 saturated carbocycles. The second-order valence-corrected chi connectivity index (χ2v) is 4.13. The topological polar surface area (TPSA) is 37.3 Å². The van der Waals surface area contributed by atoms with Gasteiger partial charge >= 0.3 is 5.97 Å².